The second-order valence-electron chi connectivity index (χ2n) is 3.38. The minimum atomic E-state index is 0.0693. The van der Waals surface area contributed by atoms with Crippen molar-refractivity contribution in [3.8, 4) is 0 Å². The normalized spacial score (nSPS) is 14.8. The molecule has 0 aliphatic carbocycles. The SMILES string of the molecule is CC(C=CCO)=CC=CC=C(C)C=CCO. The van der Waals surface area contributed by atoms with Gasteiger partial charge in [-0.25, -0.2) is 0 Å². The number of rotatable bonds is 6. The van der Waals surface area contributed by atoms with Crippen LogP contribution in [0.1, 0.15) is 13.8 Å². The number of aliphatic hydroxyl groups is 2. The second-order valence-corrected chi connectivity index (χ2v) is 3.38. The predicted molar refractivity (Wildman–Crippen MR) is 69.1 cm³/mol. The molecular weight excluding hydrogens is 200 g/mol. The molecule has 0 atom stereocenters. The molecule has 88 valence electrons. The van der Waals surface area contributed by atoms with Crippen LogP contribution >= 0.6 is 0 Å². The van der Waals surface area contributed by atoms with Crippen molar-refractivity contribution in [2.75, 3.05) is 13.2 Å². The van der Waals surface area contributed by atoms with E-state index >= 15 is 0 Å². The number of hydrogen-bond donors (Lipinski definition) is 2. The molecule has 0 aromatic heterocycles. The Hall–Kier alpha value is -1.38. The van der Waals surface area contributed by atoms with E-state index in [0.717, 1.165) is 11.1 Å². The maximum Gasteiger partial charge on any atom is 0.0615 e. The van der Waals surface area contributed by atoms with Crippen LogP contribution in [0.2, 0.25) is 0 Å². The predicted octanol–water partition coefficient (Wildman–Crippen LogP) is 2.53. The lowest BCUT2D eigenvalue weighted by atomic mass is 10.2. The molecule has 0 aliphatic rings. The zero-order valence-electron chi connectivity index (χ0n) is 9.93. The van der Waals surface area contributed by atoms with Crippen molar-refractivity contribution < 1.29 is 10.2 Å². The number of aliphatic hydroxyl groups excluding tert-OH is 2. The Bertz CT molecular complexity index is 286. The van der Waals surface area contributed by atoms with E-state index in [1.54, 1.807) is 12.2 Å². The van der Waals surface area contributed by atoms with Crippen molar-refractivity contribution in [1.29, 1.82) is 0 Å². The zero-order valence-corrected chi connectivity index (χ0v) is 9.93. The largest absolute Gasteiger partial charge is 0.392 e. The van der Waals surface area contributed by atoms with Crippen molar-refractivity contribution in [3.63, 3.8) is 0 Å². The molecular formula is C14H20O2. The summed E-state index contributed by atoms with van der Waals surface area (Å²) in [6, 6.07) is 0. The third kappa shape index (κ3) is 9.19. The molecule has 0 spiro atoms. The van der Waals surface area contributed by atoms with Gasteiger partial charge >= 0.3 is 0 Å². The van der Waals surface area contributed by atoms with Crippen LogP contribution in [0.25, 0.3) is 0 Å². The van der Waals surface area contributed by atoms with Crippen LogP contribution in [-0.4, -0.2) is 23.4 Å². The molecule has 2 N–H and O–H groups in total. The zero-order chi connectivity index (χ0) is 12.2. The number of hydrogen-bond acceptors (Lipinski definition) is 2. The van der Waals surface area contributed by atoms with Crippen LogP contribution in [-0.2, 0) is 0 Å². The fourth-order valence-corrected chi connectivity index (χ4v) is 1.00. The van der Waals surface area contributed by atoms with Crippen LogP contribution in [0.4, 0.5) is 0 Å². The first-order valence-electron chi connectivity index (χ1n) is 5.27. The molecule has 0 aromatic carbocycles. The summed E-state index contributed by atoms with van der Waals surface area (Å²) in [5.74, 6) is 0. The van der Waals surface area contributed by atoms with Gasteiger partial charge < -0.3 is 10.2 Å². The lowest BCUT2D eigenvalue weighted by Gasteiger charge is -1.88. The average Bonchev–Trinajstić information content (AvgIpc) is 2.29. The molecule has 0 heterocycles. The Balaban J connectivity index is 4.19. The summed E-state index contributed by atoms with van der Waals surface area (Å²) in [4.78, 5) is 0. The lowest BCUT2D eigenvalue weighted by molar-refractivity contribution is 0.342. The lowest BCUT2D eigenvalue weighted by Crippen LogP contribution is -1.73. The third-order valence-electron chi connectivity index (χ3n) is 1.80. The molecule has 0 saturated heterocycles. The van der Waals surface area contributed by atoms with Gasteiger partial charge in [0.2, 0.25) is 0 Å². The standard InChI is InChI=1S/C14H20O2/c1-13(9-5-11-15)7-3-4-8-14(2)10-6-12-16/h3-10,15-16H,11-12H2,1-2H3. The highest BCUT2D eigenvalue weighted by atomic mass is 16.3. The van der Waals surface area contributed by atoms with E-state index in [4.69, 9.17) is 10.2 Å². The van der Waals surface area contributed by atoms with Gasteiger partial charge in [0, 0.05) is 0 Å². The molecule has 0 aliphatic heterocycles. The summed E-state index contributed by atoms with van der Waals surface area (Å²) in [6.45, 7) is 4.08. The first-order chi connectivity index (χ1) is 7.70. The molecule has 0 saturated carbocycles. The van der Waals surface area contributed by atoms with Gasteiger partial charge in [-0.15, -0.1) is 0 Å². The van der Waals surface area contributed by atoms with Crippen LogP contribution in [0, 0.1) is 0 Å². The van der Waals surface area contributed by atoms with Gasteiger partial charge in [0.1, 0.15) is 0 Å². The van der Waals surface area contributed by atoms with Gasteiger partial charge in [0.25, 0.3) is 0 Å². The van der Waals surface area contributed by atoms with E-state index in [1.165, 1.54) is 0 Å². The van der Waals surface area contributed by atoms with Crippen molar-refractivity contribution >= 4 is 0 Å². The summed E-state index contributed by atoms with van der Waals surface area (Å²) in [5.41, 5.74) is 2.17. The fourth-order valence-electron chi connectivity index (χ4n) is 1.00. The van der Waals surface area contributed by atoms with Gasteiger partial charge in [0.05, 0.1) is 13.2 Å². The summed E-state index contributed by atoms with van der Waals surface area (Å²) in [7, 11) is 0. The highest BCUT2D eigenvalue weighted by molar-refractivity contribution is 5.26. The average molecular weight is 220 g/mol. The summed E-state index contributed by atoms with van der Waals surface area (Å²) in [5, 5.41) is 17.1. The molecule has 0 fully saturated rings. The van der Waals surface area contributed by atoms with Crippen LogP contribution in [0.3, 0.4) is 0 Å². The molecule has 0 rings (SSSR count). The van der Waals surface area contributed by atoms with Gasteiger partial charge in [-0.1, -0.05) is 59.8 Å². The maximum absolute atomic E-state index is 8.57. The van der Waals surface area contributed by atoms with Crippen LogP contribution in [0.5, 0.6) is 0 Å². The highest BCUT2D eigenvalue weighted by Gasteiger charge is 1.78. The van der Waals surface area contributed by atoms with Crippen LogP contribution < -0.4 is 0 Å². The highest BCUT2D eigenvalue weighted by Crippen LogP contribution is 1.98. The molecule has 0 radical (unpaired) electrons. The van der Waals surface area contributed by atoms with E-state index < -0.39 is 0 Å². The maximum atomic E-state index is 8.57. The first kappa shape index (κ1) is 14.6. The van der Waals surface area contributed by atoms with Crippen molar-refractivity contribution in [1.82, 2.24) is 0 Å². The monoisotopic (exact) mass is 220 g/mol. The molecule has 2 heteroatoms. The molecule has 0 amide bonds. The van der Waals surface area contributed by atoms with Gasteiger partial charge in [-0.05, 0) is 13.8 Å². The topological polar surface area (TPSA) is 40.5 Å². The summed E-state index contributed by atoms with van der Waals surface area (Å²) >= 11 is 0. The van der Waals surface area contributed by atoms with E-state index in [2.05, 4.69) is 0 Å². The minimum absolute atomic E-state index is 0.0693. The van der Waals surface area contributed by atoms with E-state index in [1.807, 2.05) is 50.3 Å². The fraction of sp³-hybridized carbons (Fsp3) is 0.286. The minimum Gasteiger partial charge on any atom is -0.392 e. The third-order valence-corrected chi connectivity index (χ3v) is 1.80. The quantitative estimate of drug-likeness (QED) is 0.675. The van der Waals surface area contributed by atoms with Gasteiger partial charge in [-0.2, -0.15) is 0 Å². The first-order valence-corrected chi connectivity index (χ1v) is 5.27. The Morgan fingerprint density at radius 2 is 1.19 bits per heavy atom. The smallest absolute Gasteiger partial charge is 0.0615 e. The molecule has 16 heavy (non-hydrogen) atoms. The number of allylic oxidation sites excluding steroid dienone is 8. The van der Waals surface area contributed by atoms with Gasteiger partial charge in [0.15, 0.2) is 0 Å². The van der Waals surface area contributed by atoms with Crippen molar-refractivity contribution in [2.45, 2.75) is 13.8 Å². The summed E-state index contributed by atoms with van der Waals surface area (Å²) in [6.07, 6.45) is 14.9. The Kier molecular flexibility index (Phi) is 9.27. The van der Waals surface area contributed by atoms with E-state index in [0.29, 0.717) is 0 Å². The van der Waals surface area contributed by atoms with Crippen LogP contribution in [0.15, 0.2) is 59.8 Å². The van der Waals surface area contributed by atoms with E-state index in [9.17, 15) is 0 Å². The Morgan fingerprint density at radius 1 is 0.812 bits per heavy atom. The van der Waals surface area contributed by atoms with Gasteiger partial charge in [-0.3, -0.25) is 0 Å². The Labute approximate surface area is 97.6 Å². The van der Waals surface area contributed by atoms with Crippen molar-refractivity contribution in [3.05, 3.63) is 59.8 Å². The molecule has 0 bridgehead atoms. The van der Waals surface area contributed by atoms with E-state index in [-0.39, 0.29) is 13.2 Å². The Morgan fingerprint density at radius 3 is 1.50 bits per heavy atom. The summed E-state index contributed by atoms with van der Waals surface area (Å²) < 4.78 is 0. The second kappa shape index (κ2) is 10.1. The molecule has 0 unspecified atom stereocenters. The molecule has 2 nitrogen and oxygen atoms in total. The molecule has 0 aromatic rings. The van der Waals surface area contributed by atoms with Crippen molar-refractivity contribution in [2.24, 2.45) is 0 Å².